The molecular weight excluding hydrogens is 302 g/mol. The number of sulfone groups is 1. The summed E-state index contributed by atoms with van der Waals surface area (Å²) >= 11 is 0. The zero-order valence-corrected chi connectivity index (χ0v) is 13.0. The van der Waals surface area contributed by atoms with Crippen molar-refractivity contribution in [2.24, 2.45) is 0 Å². The van der Waals surface area contributed by atoms with Gasteiger partial charge >= 0.3 is 0 Å². The molecule has 2 aromatic rings. The first kappa shape index (κ1) is 14.8. The van der Waals surface area contributed by atoms with Crippen LogP contribution < -0.4 is 0 Å². The number of furan rings is 1. The van der Waals surface area contributed by atoms with Crippen molar-refractivity contribution in [1.29, 1.82) is 0 Å². The highest BCUT2D eigenvalue weighted by molar-refractivity contribution is 7.91. The number of carbonyl (C=O) groups excluding carboxylic acids is 1. The second-order valence-electron chi connectivity index (χ2n) is 5.53. The molecule has 116 valence electrons. The zero-order valence-electron chi connectivity index (χ0n) is 12.2. The number of carbonyl (C=O) groups is 1. The van der Waals surface area contributed by atoms with Crippen molar-refractivity contribution < 1.29 is 17.6 Å². The molecule has 6 heteroatoms. The van der Waals surface area contributed by atoms with Gasteiger partial charge in [-0.15, -0.1) is 0 Å². The van der Waals surface area contributed by atoms with Gasteiger partial charge in [0, 0.05) is 24.6 Å². The van der Waals surface area contributed by atoms with E-state index in [0.29, 0.717) is 12.2 Å². The Morgan fingerprint density at radius 2 is 2.14 bits per heavy atom. The van der Waals surface area contributed by atoms with Gasteiger partial charge in [-0.3, -0.25) is 4.79 Å². The summed E-state index contributed by atoms with van der Waals surface area (Å²) in [5.41, 5.74) is 0.768. The molecule has 1 amide bonds. The van der Waals surface area contributed by atoms with E-state index in [-0.39, 0.29) is 23.5 Å². The molecule has 5 nitrogen and oxygen atoms in total. The maximum atomic E-state index is 12.1. The largest absolute Gasteiger partial charge is 0.457 e. The van der Waals surface area contributed by atoms with Gasteiger partial charge in [0.2, 0.25) is 5.91 Å². The molecule has 0 radical (unpaired) electrons. The van der Waals surface area contributed by atoms with E-state index in [1.807, 2.05) is 30.3 Å². The zero-order chi connectivity index (χ0) is 15.7. The first-order valence-electron chi connectivity index (χ1n) is 7.08. The Labute approximate surface area is 129 Å². The van der Waals surface area contributed by atoms with E-state index in [1.54, 1.807) is 13.1 Å². The van der Waals surface area contributed by atoms with Crippen molar-refractivity contribution in [2.75, 3.05) is 18.6 Å². The normalized spacial score (nSPS) is 20.7. The molecule has 2 heterocycles. The van der Waals surface area contributed by atoms with E-state index in [0.717, 1.165) is 11.0 Å². The second-order valence-corrected chi connectivity index (χ2v) is 7.75. The van der Waals surface area contributed by atoms with Gasteiger partial charge in [-0.05, 0) is 24.6 Å². The minimum atomic E-state index is -2.99. The Kier molecular flexibility index (Phi) is 3.78. The van der Waals surface area contributed by atoms with Crippen LogP contribution in [0.3, 0.4) is 0 Å². The second kappa shape index (κ2) is 5.61. The molecule has 1 aliphatic heterocycles. The van der Waals surface area contributed by atoms with Crippen molar-refractivity contribution in [3.8, 4) is 0 Å². The lowest BCUT2D eigenvalue weighted by atomic mass is 10.2. The Hall–Kier alpha value is -2.08. The minimum absolute atomic E-state index is 0.0493. The molecule has 0 N–H and O–H groups in total. The number of rotatable bonds is 3. The number of benzene rings is 1. The summed E-state index contributed by atoms with van der Waals surface area (Å²) in [6.07, 6.45) is 3.54. The minimum Gasteiger partial charge on any atom is -0.457 e. The van der Waals surface area contributed by atoms with Gasteiger partial charge in [-0.2, -0.15) is 0 Å². The van der Waals surface area contributed by atoms with Crippen LogP contribution in [0.1, 0.15) is 12.2 Å². The van der Waals surface area contributed by atoms with Crippen LogP contribution in [0.15, 0.2) is 40.8 Å². The van der Waals surface area contributed by atoms with Crippen molar-refractivity contribution in [3.05, 3.63) is 42.2 Å². The third-order valence-electron chi connectivity index (χ3n) is 3.94. The standard InChI is InChI=1S/C16H17NO4S/c1-17(13-8-9-22(19,20)11-13)16(18)7-6-14-10-12-4-2-3-5-15(12)21-14/h2-7,10,13H,8-9,11H2,1H3/b7-6+. The number of hydrogen-bond donors (Lipinski definition) is 0. The van der Waals surface area contributed by atoms with Gasteiger partial charge in [-0.1, -0.05) is 18.2 Å². The van der Waals surface area contributed by atoms with Crippen LogP contribution >= 0.6 is 0 Å². The van der Waals surface area contributed by atoms with E-state index in [1.165, 1.54) is 11.0 Å². The topological polar surface area (TPSA) is 67.6 Å². The van der Waals surface area contributed by atoms with E-state index in [9.17, 15) is 13.2 Å². The molecule has 1 atom stereocenters. The SMILES string of the molecule is CN(C(=O)/C=C/c1cc2ccccc2o1)C1CCS(=O)(=O)C1. The Balaban J connectivity index is 1.70. The molecule has 22 heavy (non-hydrogen) atoms. The summed E-state index contributed by atoms with van der Waals surface area (Å²) in [6, 6.07) is 9.23. The molecule has 1 aromatic carbocycles. The van der Waals surface area contributed by atoms with Gasteiger partial charge in [0.1, 0.15) is 11.3 Å². The van der Waals surface area contributed by atoms with Crippen LogP contribution in [-0.2, 0) is 14.6 Å². The third kappa shape index (κ3) is 3.06. The maximum Gasteiger partial charge on any atom is 0.246 e. The van der Waals surface area contributed by atoms with Crippen LogP contribution in [-0.4, -0.2) is 43.8 Å². The highest BCUT2D eigenvalue weighted by Crippen LogP contribution is 2.20. The summed E-state index contributed by atoms with van der Waals surface area (Å²) in [5, 5.41) is 0.977. The van der Waals surface area contributed by atoms with E-state index in [2.05, 4.69) is 0 Å². The Morgan fingerprint density at radius 1 is 1.36 bits per heavy atom. The van der Waals surface area contributed by atoms with Crippen molar-refractivity contribution in [2.45, 2.75) is 12.5 Å². The average molecular weight is 319 g/mol. The summed E-state index contributed by atoms with van der Waals surface area (Å²) in [4.78, 5) is 13.6. The fourth-order valence-corrected chi connectivity index (χ4v) is 4.39. The average Bonchev–Trinajstić information content (AvgIpc) is 3.06. The lowest BCUT2D eigenvalue weighted by Gasteiger charge is -2.21. The maximum absolute atomic E-state index is 12.1. The van der Waals surface area contributed by atoms with Gasteiger partial charge in [-0.25, -0.2) is 8.42 Å². The molecule has 0 spiro atoms. The fraction of sp³-hybridized carbons (Fsp3) is 0.312. The lowest BCUT2D eigenvalue weighted by Crippen LogP contribution is -2.36. The molecule has 0 bridgehead atoms. The number of fused-ring (bicyclic) bond motifs is 1. The molecule has 3 rings (SSSR count). The number of nitrogens with zero attached hydrogens (tertiary/aromatic N) is 1. The monoisotopic (exact) mass is 319 g/mol. The smallest absolute Gasteiger partial charge is 0.246 e. The summed E-state index contributed by atoms with van der Waals surface area (Å²) in [7, 11) is -1.36. The van der Waals surface area contributed by atoms with Gasteiger partial charge in [0.25, 0.3) is 0 Å². The molecule has 0 aliphatic carbocycles. The summed E-state index contributed by atoms with van der Waals surface area (Å²) in [5.74, 6) is 0.584. The molecule has 1 fully saturated rings. The van der Waals surface area contributed by atoms with E-state index >= 15 is 0 Å². The molecule has 1 aliphatic rings. The lowest BCUT2D eigenvalue weighted by molar-refractivity contribution is -0.126. The van der Waals surface area contributed by atoms with Crippen LogP contribution in [0.25, 0.3) is 17.0 Å². The van der Waals surface area contributed by atoms with Gasteiger partial charge in [0.15, 0.2) is 9.84 Å². The van der Waals surface area contributed by atoms with Crippen LogP contribution in [0.5, 0.6) is 0 Å². The highest BCUT2D eigenvalue weighted by Gasteiger charge is 2.32. The predicted molar refractivity (Wildman–Crippen MR) is 85.1 cm³/mol. The third-order valence-corrected chi connectivity index (χ3v) is 5.69. The van der Waals surface area contributed by atoms with Crippen molar-refractivity contribution >= 4 is 32.8 Å². The van der Waals surface area contributed by atoms with Crippen molar-refractivity contribution in [1.82, 2.24) is 4.90 Å². The first-order chi connectivity index (χ1) is 10.4. The molecule has 0 saturated carbocycles. The van der Waals surface area contributed by atoms with Crippen LogP contribution in [0.4, 0.5) is 0 Å². The van der Waals surface area contributed by atoms with Crippen molar-refractivity contribution in [3.63, 3.8) is 0 Å². The fourth-order valence-electron chi connectivity index (χ4n) is 2.62. The van der Waals surface area contributed by atoms with Crippen LogP contribution in [0.2, 0.25) is 0 Å². The van der Waals surface area contributed by atoms with Gasteiger partial charge < -0.3 is 9.32 Å². The van der Waals surface area contributed by atoms with Gasteiger partial charge in [0.05, 0.1) is 11.5 Å². The predicted octanol–water partition coefficient (Wildman–Crippen LogP) is 2.09. The number of para-hydroxylation sites is 1. The Bertz CT molecular complexity index is 802. The Morgan fingerprint density at radius 3 is 2.82 bits per heavy atom. The molecule has 1 aromatic heterocycles. The first-order valence-corrected chi connectivity index (χ1v) is 8.91. The number of likely N-dealkylation sites (N-methyl/N-ethyl adjacent to an activating group) is 1. The summed E-state index contributed by atoms with van der Waals surface area (Å²) in [6.45, 7) is 0. The molecule has 1 saturated heterocycles. The quantitative estimate of drug-likeness (QED) is 0.813. The van der Waals surface area contributed by atoms with E-state index in [4.69, 9.17) is 4.42 Å². The molecule has 1 unspecified atom stereocenters. The van der Waals surface area contributed by atoms with E-state index < -0.39 is 9.84 Å². The highest BCUT2D eigenvalue weighted by atomic mass is 32.2. The number of amides is 1. The summed E-state index contributed by atoms with van der Waals surface area (Å²) < 4.78 is 28.6. The number of hydrogen-bond acceptors (Lipinski definition) is 4. The molecular formula is C16H17NO4S. The van der Waals surface area contributed by atoms with Crippen LogP contribution in [0, 0.1) is 0 Å².